The largest absolute Gasteiger partial charge is 0.468 e. The topological polar surface area (TPSA) is 87.9 Å². The molecule has 1 saturated heterocycles. The van der Waals surface area contributed by atoms with Gasteiger partial charge in [0.2, 0.25) is 15.9 Å². The van der Waals surface area contributed by atoms with Crippen molar-refractivity contribution in [2.75, 3.05) is 4.90 Å². The number of benzene rings is 2. The molecular formula is C26H28N2O5S. The molecule has 2 amide bonds. The average molecular weight is 481 g/mol. The maximum atomic E-state index is 14.1. The number of carbonyl (C=O) groups is 2. The van der Waals surface area contributed by atoms with E-state index in [1.807, 2.05) is 39.0 Å². The molecule has 1 unspecified atom stereocenters. The predicted octanol–water partition coefficient (Wildman–Crippen LogP) is 4.34. The van der Waals surface area contributed by atoms with Gasteiger partial charge in [0.25, 0.3) is 5.91 Å². The number of hydrogen-bond donors (Lipinski definition) is 0. The summed E-state index contributed by atoms with van der Waals surface area (Å²) in [5.74, 6) is -0.617. The minimum Gasteiger partial charge on any atom is -0.468 e. The van der Waals surface area contributed by atoms with E-state index in [0.717, 1.165) is 25.9 Å². The molecule has 4 rings (SSSR count). The van der Waals surface area contributed by atoms with Gasteiger partial charge in [0.05, 0.1) is 29.8 Å². The Morgan fingerprint density at radius 3 is 2.15 bits per heavy atom. The Hall–Kier alpha value is -3.23. The summed E-state index contributed by atoms with van der Waals surface area (Å²) in [7, 11) is -4.16. The van der Waals surface area contributed by atoms with Gasteiger partial charge in [-0.1, -0.05) is 23.8 Å². The molecule has 1 fully saturated rings. The zero-order chi connectivity index (χ0) is 24.8. The molecule has 1 aliphatic heterocycles. The molecule has 178 valence electrons. The molecule has 1 aliphatic rings. The monoisotopic (exact) mass is 480 g/mol. The summed E-state index contributed by atoms with van der Waals surface area (Å²) in [6, 6.07) is 11.1. The van der Waals surface area contributed by atoms with Crippen molar-refractivity contribution in [3.63, 3.8) is 0 Å². The van der Waals surface area contributed by atoms with E-state index in [0.29, 0.717) is 22.6 Å². The molecule has 0 N–H and O–H groups in total. The van der Waals surface area contributed by atoms with Crippen LogP contribution in [-0.2, 0) is 26.2 Å². The Morgan fingerprint density at radius 2 is 1.59 bits per heavy atom. The molecule has 0 aliphatic carbocycles. The van der Waals surface area contributed by atoms with Gasteiger partial charge in [-0.3, -0.25) is 9.59 Å². The standard InChI is InChI=1S/C26H28N2O5S/c1-16-8-10-21(11-9-16)28-24(29)14-23(26(28)30)27(15-22-7-6-12-33-22)34(31,32)25-19(4)17(2)13-18(3)20(25)5/h6-13,23H,14-15H2,1-5H3. The van der Waals surface area contributed by atoms with Crippen LogP contribution in [0.3, 0.4) is 0 Å². The fraction of sp³-hybridized carbons (Fsp3) is 0.308. The second-order valence-corrected chi connectivity index (χ2v) is 10.7. The van der Waals surface area contributed by atoms with E-state index >= 15 is 0 Å². The summed E-state index contributed by atoms with van der Waals surface area (Å²) in [6.07, 6.45) is 1.21. The van der Waals surface area contributed by atoms with Crippen molar-refractivity contribution in [2.24, 2.45) is 0 Å². The number of carbonyl (C=O) groups excluding carboxylic acids is 2. The highest BCUT2D eigenvalue weighted by Gasteiger charge is 2.47. The van der Waals surface area contributed by atoms with Crippen LogP contribution in [0, 0.1) is 34.6 Å². The van der Waals surface area contributed by atoms with Crippen LogP contribution in [-0.4, -0.2) is 30.6 Å². The lowest BCUT2D eigenvalue weighted by Gasteiger charge is -2.28. The highest BCUT2D eigenvalue weighted by molar-refractivity contribution is 7.89. The van der Waals surface area contributed by atoms with E-state index in [-0.39, 0.29) is 17.9 Å². The summed E-state index contributed by atoms with van der Waals surface area (Å²) in [5, 5.41) is 0. The van der Waals surface area contributed by atoms with Crippen LogP contribution in [0.4, 0.5) is 5.69 Å². The predicted molar refractivity (Wildman–Crippen MR) is 129 cm³/mol. The average Bonchev–Trinajstić information content (AvgIpc) is 3.39. The zero-order valence-corrected chi connectivity index (χ0v) is 20.8. The van der Waals surface area contributed by atoms with Gasteiger partial charge in [-0.15, -0.1) is 0 Å². The van der Waals surface area contributed by atoms with Gasteiger partial charge in [0.1, 0.15) is 11.8 Å². The minimum atomic E-state index is -4.16. The van der Waals surface area contributed by atoms with Crippen molar-refractivity contribution in [1.82, 2.24) is 4.31 Å². The number of aryl methyl sites for hydroxylation is 3. The van der Waals surface area contributed by atoms with Crippen molar-refractivity contribution in [2.45, 2.75) is 58.5 Å². The summed E-state index contributed by atoms with van der Waals surface area (Å²) in [5.41, 5.74) is 4.35. The van der Waals surface area contributed by atoms with Crippen LogP contribution in [0.2, 0.25) is 0 Å². The van der Waals surface area contributed by atoms with E-state index in [2.05, 4.69) is 0 Å². The lowest BCUT2D eigenvalue weighted by atomic mass is 10.0. The van der Waals surface area contributed by atoms with Gasteiger partial charge in [-0.25, -0.2) is 13.3 Å². The molecule has 2 heterocycles. The molecule has 0 bridgehead atoms. The summed E-state index contributed by atoms with van der Waals surface area (Å²) in [4.78, 5) is 27.7. The molecule has 1 aromatic heterocycles. The SMILES string of the molecule is Cc1ccc(N2C(=O)CC(N(Cc3ccco3)S(=O)(=O)c3c(C)c(C)cc(C)c3C)C2=O)cc1. The van der Waals surface area contributed by atoms with Crippen molar-refractivity contribution < 1.29 is 22.4 Å². The van der Waals surface area contributed by atoms with E-state index in [9.17, 15) is 18.0 Å². The summed E-state index contributed by atoms with van der Waals surface area (Å²) < 4.78 is 34.8. The number of anilines is 1. The van der Waals surface area contributed by atoms with Crippen LogP contribution in [0.1, 0.15) is 40.0 Å². The Morgan fingerprint density at radius 1 is 0.971 bits per heavy atom. The van der Waals surface area contributed by atoms with E-state index in [4.69, 9.17) is 4.42 Å². The number of imide groups is 1. The molecule has 7 nitrogen and oxygen atoms in total. The normalized spacial score (nSPS) is 16.6. The summed E-state index contributed by atoms with van der Waals surface area (Å²) >= 11 is 0. The fourth-order valence-electron chi connectivity index (χ4n) is 4.41. The van der Waals surface area contributed by atoms with Gasteiger partial charge >= 0.3 is 0 Å². The third kappa shape index (κ3) is 4.08. The van der Waals surface area contributed by atoms with Gasteiger partial charge in [0, 0.05) is 0 Å². The molecule has 1 atom stereocenters. The van der Waals surface area contributed by atoms with Gasteiger partial charge in [-0.2, -0.15) is 4.31 Å². The van der Waals surface area contributed by atoms with Crippen molar-refractivity contribution in [1.29, 1.82) is 0 Å². The van der Waals surface area contributed by atoms with Crippen LogP contribution in [0.25, 0.3) is 0 Å². The molecule has 0 saturated carbocycles. The highest BCUT2D eigenvalue weighted by atomic mass is 32.2. The first-order valence-corrected chi connectivity index (χ1v) is 12.5. The highest BCUT2D eigenvalue weighted by Crippen LogP contribution is 2.34. The van der Waals surface area contributed by atoms with Gasteiger partial charge < -0.3 is 4.42 Å². The van der Waals surface area contributed by atoms with Crippen LogP contribution >= 0.6 is 0 Å². The Labute approximate surface area is 200 Å². The number of hydrogen-bond acceptors (Lipinski definition) is 5. The number of furan rings is 1. The second-order valence-electron chi connectivity index (χ2n) is 8.84. The molecular weight excluding hydrogens is 452 g/mol. The van der Waals surface area contributed by atoms with Crippen molar-refractivity contribution in [3.8, 4) is 0 Å². The third-order valence-corrected chi connectivity index (χ3v) is 8.65. The molecule has 0 spiro atoms. The van der Waals surface area contributed by atoms with Crippen LogP contribution in [0.5, 0.6) is 0 Å². The molecule has 3 aromatic rings. The van der Waals surface area contributed by atoms with Crippen LogP contribution in [0.15, 0.2) is 58.0 Å². The first-order valence-electron chi connectivity index (χ1n) is 11.1. The Balaban J connectivity index is 1.83. The molecule has 0 radical (unpaired) electrons. The number of rotatable bonds is 6. The molecule has 2 aromatic carbocycles. The van der Waals surface area contributed by atoms with Crippen molar-refractivity contribution in [3.05, 3.63) is 82.3 Å². The van der Waals surface area contributed by atoms with Gasteiger partial charge in [0.15, 0.2) is 0 Å². The lowest BCUT2D eigenvalue weighted by molar-refractivity contribution is -0.122. The Kier molecular flexibility index (Phi) is 6.22. The molecule has 34 heavy (non-hydrogen) atoms. The maximum Gasteiger partial charge on any atom is 0.252 e. The van der Waals surface area contributed by atoms with Crippen molar-refractivity contribution >= 4 is 27.5 Å². The van der Waals surface area contributed by atoms with Gasteiger partial charge in [-0.05, 0) is 81.1 Å². The number of amides is 2. The number of nitrogens with zero attached hydrogens (tertiary/aromatic N) is 2. The minimum absolute atomic E-state index is 0.160. The maximum absolute atomic E-state index is 14.1. The zero-order valence-electron chi connectivity index (χ0n) is 20.0. The van der Waals surface area contributed by atoms with E-state index in [1.54, 1.807) is 38.1 Å². The molecule has 8 heteroatoms. The number of sulfonamides is 1. The quantitative estimate of drug-likeness (QED) is 0.490. The van der Waals surface area contributed by atoms with Crippen LogP contribution < -0.4 is 4.90 Å². The van der Waals surface area contributed by atoms with E-state index in [1.165, 1.54) is 6.26 Å². The summed E-state index contributed by atoms with van der Waals surface area (Å²) in [6.45, 7) is 9.00. The second kappa shape index (κ2) is 8.85. The smallest absolute Gasteiger partial charge is 0.252 e. The first-order chi connectivity index (χ1) is 16.0. The third-order valence-electron chi connectivity index (χ3n) is 6.52. The lowest BCUT2D eigenvalue weighted by Crippen LogP contribution is -2.45. The van der Waals surface area contributed by atoms with E-state index < -0.39 is 27.9 Å². The fourth-order valence-corrected chi connectivity index (χ4v) is 6.54. The Bertz CT molecular complexity index is 1330. The first kappa shape index (κ1) is 23.9.